The van der Waals surface area contributed by atoms with Crippen molar-refractivity contribution in [3.05, 3.63) is 41.9 Å². The number of nitrogens with one attached hydrogen (secondary N) is 1. The van der Waals surface area contributed by atoms with E-state index in [-0.39, 0.29) is 12.0 Å². The second-order valence-corrected chi connectivity index (χ2v) is 7.88. The Hall–Kier alpha value is -2.18. The fourth-order valence-corrected chi connectivity index (χ4v) is 3.20. The van der Waals surface area contributed by atoms with Gasteiger partial charge in [0.25, 0.3) is 0 Å². The van der Waals surface area contributed by atoms with Crippen molar-refractivity contribution in [2.75, 3.05) is 6.54 Å². The van der Waals surface area contributed by atoms with Crippen molar-refractivity contribution in [2.24, 2.45) is 0 Å². The number of rotatable bonds is 5. The Morgan fingerprint density at radius 1 is 1.37 bits per heavy atom. The molecule has 0 amide bonds. The van der Waals surface area contributed by atoms with Gasteiger partial charge in [0.2, 0.25) is 6.10 Å². The topological polar surface area (TPSA) is 73.3 Å². The van der Waals surface area contributed by atoms with Gasteiger partial charge in [-0.2, -0.15) is 0 Å². The van der Waals surface area contributed by atoms with E-state index in [0.717, 1.165) is 24.9 Å². The molecule has 0 bridgehead atoms. The number of hydrogen-bond acceptors (Lipinski definition) is 6. The third-order valence-electron chi connectivity index (χ3n) is 4.15. The van der Waals surface area contributed by atoms with Crippen molar-refractivity contribution < 1.29 is 14.3 Å². The van der Waals surface area contributed by atoms with Gasteiger partial charge in [-0.25, -0.2) is 9.78 Å². The number of aromatic nitrogens is 2. The number of halogens is 1. The van der Waals surface area contributed by atoms with Crippen molar-refractivity contribution in [3.63, 3.8) is 0 Å². The summed E-state index contributed by atoms with van der Waals surface area (Å²) in [6.45, 7) is 6.38. The summed E-state index contributed by atoms with van der Waals surface area (Å²) < 4.78 is 11.6. The van der Waals surface area contributed by atoms with Crippen LogP contribution in [0.5, 0.6) is 5.75 Å². The molecule has 1 saturated heterocycles. The van der Waals surface area contributed by atoms with E-state index in [9.17, 15) is 4.79 Å². The number of ether oxygens (including phenoxy) is 2. The minimum Gasteiger partial charge on any atom is -0.475 e. The molecular weight excluding hydrogens is 366 g/mol. The highest BCUT2D eigenvalue weighted by Crippen LogP contribution is 2.30. The van der Waals surface area contributed by atoms with E-state index in [0.29, 0.717) is 16.5 Å². The van der Waals surface area contributed by atoms with E-state index in [1.54, 1.807) is 18.5 Å². The van der Waals surface area contributed by atoms with Crippen molar-refractivity contribution in [2.45, 2.75) is 51.4 Å². The van der Waals surface area contributed by atoms with Crippen LogP contribution in [0, 0.1) is 0 Å². The summed E-state index contributed by atoms with van der Waals surface area (Å²) in [5.41, 5.74) is 0.939. The van der Waals surface area contributed by atoms with E-state index >= 15 is 0 Å². The molecule has 0 saturated carbocycles. The Bertz CT molecular complexity index is 787. The first kappa shape index (κ1) is 19.6. The number of carbonyl (C=O) groups excluding carboxylic acids is 1. The average Bonchev–Trinajstić information content (AvgIpc) is 3.14. The second-order valence-electron chi connectivity index (χ2n) is 7.53. The van der Waals surface area contributed by atoms with Crippen LogP contribution in [0.4, 0.5) is 0 Å². The summed E-state index contributed by atoms with van der Waals surface area (Å²) in [7, 11) is 0. The number of nitrogens with zero attached hydrogens (tertiary/aromatic N) is 2. The lowest BCUT2D eigenvalue weighted by Crippen LogP contribution is -2.47. The first-order chi connectivity index (χ1) is 12.8. The van der Waals surface area contributed by atoms with Crippen LogP contribution >= 0.6 is 11.6 Å². The molecule has 0 aromatic carbocycles. The molecule has 0 spiro atoms. The van der Waals surface area contributed by atoms with E-state index in [1.807, 2.05) is 32.9 Å². The molecule has 1 N–H and O–H groups in total. The molecule has 1 aliphatic heterocycles. The molecule has 2 aromatic rings. The molecule has 3 rings (SSSR count). The van der Waals surface area contributed by atoms with Gasteiger partial charge in [0.15, 0.2) is 0 Å². The Kier molecular flexibility index (Phi) is 5.97. The third kappa shape index (κ3) is 5.17. The lowest BCUT2D eigenvalue weighted by atomic mass is 10.1. The third-order valence-corrected chi connectivity index (χ3v) is 4.45. The molecule has 0 aliphatic carbocycles. The van der Waals surface area contributed by atoms with Crippen molar-refractivity contribution in [3.8, 4) is 16.9 Å². The van der Waals surface area contributed by atoms with Crippen LogP contribution in [0.3, 0.4) is 0 Å². The second kappa shape index (κ2) is 8.23. The molecule has 3 heterocycles. The van der Waals surface area contributed by atoms with Crippen LogP contribution in [0.1, 0.15) is 33.6 Å². The van der Waals surface area contributed by atoms with Gasteiger partial charge in [-0.1, -0.05) is 17.7 Å². The molecule has 144 valence electrons. The predicted molar refractivity (Wildman–Crippen MR) is 104 cm³/mol. The lowest BCUT2D eigenvalue weighted by Gasteiger charge is -2.27. The smallest absolute Gasteiger partial charge is 0.349 e. The Morgan fingerprint density at radius 3 is 2.81 bits per heavy atom. The van der Waals surface area contributed by atoms with Gasteiger partial charge in [-0.05, 0) is 52.3 Å². The van der Waals surface area contributed by atoms with Crippen LogP contribution in [-0.4, -0.2) is 40.2 Å². The highest BCUT2D eigenvalue weighted by molar-refractivity contribution is 6.32. The lowest BCUT2D eigenvalue weighted by molar-refractivity contribution is -0.164. The van der Waals surface area contributed by atoms with Crippen molar-refractivity contribution in [1.82, 2.24) is 15.3 Å². The first-order valence-electron chi connectivity index (χ1n) is 9.02. The molecule has 6 nitrogen and oxygen atoms in total. The summed E-state index contributed by atoms with van der Waals surface area (Å²) >= 11 is 6.25. The minimum atomic E-state index is -0.753. The van der Waals surface area contributed by atoms with Gasteiger partial charge < -0.3 is 14.8 Å². The molecule has 1 aliphatic rings. The summed E-state index contributed by atoms with van der Waals surface area (Å²) in [4.78, 5) is 21.1. The molecule has 2 aromatic heterocycles. The van der Waals surface area contributed by atoms with Crippen molar-refractivity contribution >= 4 is 17.6 Å². The first-order valence-corrected chi connectivity index (χ1v) is 9.40. The van der Waals surface area contributed by atoms with Gasteiger partial charge in [0.05, 0.1) is 12.2 Å². The molecule has 0 radical (unpaired) electrons. The number of esters is 1. The molecule has 2 atom stereocenters. The van der Waals surface area contributed by atoms with E-state index < -0.39 is 11.7 Å². The van der Waals surface area contributed by atoms with Crippen LogP contribution in [0.25, 0.3) is 11.1 Å². The van der Waals surface area contributed by atoms with Gasteiger partial charge in [0, 0.05) is 23.5 Å². The van der Waals surface area contributed by atoms with E-state index in [4.69, 9.17) is 21.1 Å². The fourth-order valence-electron chi connectivity index (χ4n) is 2.99. The molecule has 7 heteroatoms. The zero-order chi connectivity index (χ0) is 19.4. The Labute approximate surface area is 164 Å². The largest absolute Gasteiger partial charge is 0.475 e. The zero-order valence-electron chi connectivity index (χ0n) is 15.7. The van der Waals surface area contributed by atoms with E-state index in [2.05, 4.69) is 15.3 Å². The highest BCUT2D eigenvalue weighted by atomic mass is 35.5. The quantitative estimate of drug-likeness (QED) is 0.621. The van der Waals surface area contributed by atoms with Crippen LogP contribution in [0.2, 0.25) is 5.15 Å². The summed E-state index contributed by atoms with van der Waals surface area (Å²) in [6, 6.07) is 5.39. The molecule has 1 unspecified atom stereocenters. The average molecular weight is 390 g/mol. The maximum absolute atomic E-state index is 12.7. The minimum absolute atomic E-state index is 0.0997. The maximum atomic E-state index is 12.7. The molecule has 1 fully saturated rings. The maximum Gasteiger partial charge on any atom is 0.349 e. The van der Waals surface area contributed by atoms with Crippen LogP contribution in [-0.2, 0) is 9.53 Å². The Morgan fingerprint density at radius 2 is 2.19 bits per heavy atom. The fraction of sp³-hybridized carbons (Fsp3) is 0.450. The molecule has 27 heavy (non-hydrogen) atoms. The van der Waals surface area contributed by atoms with Crippen LogP contribution < -0.4 is 10.1 Å². The summed E-state index contributed by atoms with van der Waals surface area (Å²) in [5, 5.41) is 3.67. The normalized spacial score (nSPS) is 18.1. The summed E-state index contributed by atoms with van der Waals surface area (Å²) in [6.07, 6.45) is 6.00. The summed E-state index contributed by atoms with van der Waals surface area (Å²) in [5.74, 6) is 0.0718. The number of pyridine rings is 2. The van der Waals surface area contributed by atoms with Crippen LogP contribution in [0.15, 0.2) is 36.8 Å². The SMILES string of the molecule is CC(C)(C)OC(=O)C(Oc1cnc(Cl)c(-c2cccnc2)c1)[C@@H]1CCCN1. The van der Waals surface area contributed by atoms with Gasteiger partial charge in [0.1, 0.15) is 16.5 Å². The highest BCUT2D eigenvalue weighted by Gasteiger charge is 2.36. The predicted octanol–water partition coefficient (Wildman–Crippen LogP) is 3.64. The Balaban J connectivity index is 1.86. The monoisotopic (exact) mass is 389 g/mol. The van der Waals surface area contributed by atoms with Crippen molar-refractivity contribution in [1.29, 1.82) is 0 Å². The van der Waals surface area contributed by atoms with Gasteiger partial charge >= 0.3 is 5.97 Å². The number of hydrogen-bond donors (Lipinski definition) is 1. The number of carbonyl (C=O) groups is 1. The standard InChI is InChI=1S/C20H24ClN3O3/c1-20(2,3)27-19(25)17(16-7-5-9-23-16)26-14-10-15(18(21)24-12-14)13-6-4-8-22-11-13/h4,6,8,10-12,16-17,23H,5,7,9H2,1-3H3/t16-,17?/m0/s1. The van der Waals surface area contributed by atoms with Gasteiger partial charge in [-0.3, -0.25) is 4.98 Å². The van der Waals surface area contributed by atoms with Gasteiger partial charge in [-0.15, -0.1) is 0 Å². The zero-order valence-corrected chi connectivity index (χ0v) is 16.5. The molecular formula is C20H24ClN3O3. The van der Waals surface area contributed by atoms with E-state index in [1.165, 1.54) is 6.20 Å².